The zero-order valence-corrected chi connectivity index (χ0v) is 20.4. The molecule has 1 aliphatic heterocycles. The van der Waals surface area contributed by atoms with E-state index in [-0.39, 0.29) is 6.23 Å². The Morgan fingerprint density at radius 1 is 1.11 bits per heavy atom. The van der Waals surface area contributed by atoms with Gasteiger partial charge in [-0.25, -0.2) is 18.3 Å². The van der Waals surface area contributed by atoms with Gasteiger partial charge in [-0.2, -0.15) is 5.10 Å². The first kappa shape index (κ1) is 23.7. The van der Waals surface area contributed by atoms with E-state index >= 15 is 0 Å². The zero-order chi connectivity index (χ0) is 24.7. The Labute approximate surface area is 203 Å². The van der Waals surface area contributed by atoms with E-state index in [1.54, 1.807) is 12.3 Å². The van der Waals surface area contributed by atoms with Crippen molar-refractivity contribution in [2.24, 2.45) is 0 Å². The molecule has 1 unspecified atom stereocenters. The molecule has 0 N–H and O–H groups in total. The number of carbonyl (C=O) groups excluding carboxylic acids is 1. The quantitative estimate of drug-likeness (QED) is 0.400. The smallest absolute Gasteiger partial charge is 0.339 e. The van der Waals surface area contributed by atoms with Crippen LogP contribution in [0.3, 0.4) is 0 Å². The number of rotatable bonds is 3. The first-order chi connectivity index (χ1) is 16.7. The molecule has 0 radical (unpaired) electrons. The normalized spacial score (nSPS) is 18.7. The lowest BCUT2D eigenvalue weighted by atomic mass is 9.92. The molecule has 35 heavy (non-hydrogen) atoms. The Morgan fingerprint density at radius 3 is 2.60 bits per heavy atom. The highest BCUT2D eigenvalue weighted by molar-refractivity contribution is 6.04. The lowest BCUT2D eigenvalue weighted by Crippen LogP contribution is -2.24. The largest absolute Gasteiger partial charge is 0.456 e. The molecule has 1 aromatic heterocycles. The van der Waals surface area contributed by atoms with Crippen LogP contribution in [0.1, 0.15) is 79.7 Å². The summed E-state index contributed by atoms with van der Waals surface area (Å²) in [4.78, 5) is 13.3. The van der Waals surface area contributed by atoms with Gasteiger partial charge in [0.2, 0.25) is 0 Å². The molecule has 2 heterocycles. The van der Waals surface area contributed by atoms with Gasteiger partial charge in [-0.15, -0.1) is 0 Å². The van der Waals surface area contributed by atoms with Gasteiger partial charge in [0.05, 0.1) is 17.3 Å². The number of fused-ring (bicyclic) bond motifs is 2. The van der Waals surface area contributed by atoms with Gasteiger partial charge in [-0.05, 0) is 100 Å². The summed E-state index contributed by atoms with van der Waals surface area (Å²) in [5.74, 6) is -2.08. The minimum Gasteiger partial charge on any atom is -0.456 e. The summed E-state index contributed by atoms with van der Waals surface area (Å²) in [6.07, 6.45) is 8.24. The fourth-order valence-corrected chi connectivity index (χ4v) is 5.00. The highest BCUT2D eigenvalue weighted by atomic mass is 19.2. The topological polar surface area (TPSA) is 53.3 Å². The van der Waals surface area contributed by atoms with Crippen molar-refractivity contribution in [2.45, 2.75) is 71.1 Å². The predicted molar refractivity (Wildman–Crippen MR) is 130 cm³/mol. The summed E-state index contributed by atoms with van der Waals surface area (Å²) in [7, 11) is 0. The molecule has 0 spiro atoms. The van der Waals surface area contributed by atoms with E-state index in [2.05, 4.69) is 5.10 Å². The maximum absolute atomic E-state index is 13.9. The lowest BCUT2D eigenvalue weighted by molar-refractivity contribution is -0.0366. The number of benzene rings is 2. The van der Waals surface area contributed by atoms with Crippen molar-refractivity contribution >= 4 is 22.4 Å². The highest BCUT2D eigenvalue weighted by Gasteiger charge is 2.27. The fraction of sp³-hybridized carbons (Fsp3) is 0.429. The molecule has 184 valence electrons. The first-order valence-corrected chi connectivity index (χ1v) is 12.2. The number of ether oxygens (including phenoxy) is 2. The van der Waals surface area contributed by atoms with Crippen molar-refractivity contribution in [1.29, 1.82) is 0 Å². The Balaban J connectivity index is 1.61. The van der Waals surface area contributed by atoms with Crippen LogP contribution >= 0.6 is 0 Å². The van der Waals surface area contributed by atoms with Crippen LogP contribution in [0.25, 0.3) is 16.5 Å². The summed E-state index contributed by atoms with van der Waals surface area (Å²) in [5, 5.41) is 5.49. The van der Waals surface area contributed by atoms with E-state index in [4.69, 9.17) is 9.47 Å². The number of hydrogen-bond donors (Lipinski definition) is 0. The third kappa shape index (κ3) is 4.74. The van der Waals surface area contributed by atoms with Crippen molar-refractivity contribution in [3.8, 4) is 0 Å². The third-order valence-electron chi connectivity index (χ3n) is 6.62. The van der Waals surface area contributed by atoms with E-state index in [0.717, 1.165) is 52.4 Å². The molecule has 0 bridgehead atoms. The van der Waals surface area contributed by atoms with Gasteiger partial charge >= 0.3 is 5.97 Å². The van der Waals surface area contributed by atoms with Gasteiger partial charge in [0.15, 0.2) is 17.9 Å². The summed E-state index contributed by atoms with van der Waals surface area (Å²) in [5.41, 5.74) is 3.96. The van der Waals surface area contributed by atoms with Crippen molar-refractivity contribution in [3.63, 3.8) is 0 Å². The van der Waals surface area contributed by atoms with Crippen molar-refractivity contribution in [2.75, 3.05) is 6.61 Å². The number of aromatic nitrogens is 2. The number of esters is 1. The molecule has 1 atom stereocenters. The maximum Gasteiger partial charge on any atom is 0.339 e. The molecule has 5 nitrogen and oxygen atoms in total. The Kier molecular flexibility index (Phi) is 6.21. The second-order valence-electron chi connectivity index (χ2n) is 10.3. The molecule has 0 amide bonds. The molecule has 2 aromatic carbocycles. The molecule has 7 heteroatoms. The number of aryl methyl sites for hydroxylation is 1. The molecule has 3 aromatic rings. The van der Waals surface area contributed by atoms with E-state index < -0.39 is 23.2 Å². The van der Waals surface area contributed by atoms with Crippen LogP contribution in [0.15, 0.2) is 36.5 Å². The first-order valence-electron chi connectivity index (χ1n) is 12.2. The van der Waals surface area contributed by atoms with E-state index in [1.165, 1.54) is 12.1 Å². The minimum atomic E-state index is -0.842. The van der Waals surface area contributed by atoms with Crippen LogP contribution < -0.4 is 0 Å². The molecular weight excluding hydrogens is 450 g/mol. The summed E-state index contributed by atoms with van der Waals surface area (Å²) in [6, 6.07) is 6.26. The van der Waals surface area contributed by atoms with Gasteiger partial charge in [-0.3, -0.25) is 0 Å². The summed E-state index contributed by atoms with van der Waals surface area (Å²) in [6.45, 7) is 6.22. The van der Waals surface area contributed by atoms with Crippen molar-refractivity contribution in [3.05, 3.63) is 70.4 Å². The summed E-state index contributed by atoms with van der Waals surface area (Å²) < 4.78 is 41.4. The van der Waals surface area contributed by atoms with Crippen LogP contribution in [-0.4, -0.2) is 28.0 Å². The Hall–Kier alpha value is -3.06. The van der Waals surface area contributed by atoms with Gasteiger partial charge in [0, 0.05) is 17.6 Å². The predicted octanol–water partition coefficient (Wildman–Crippen LogP) is 6.54. The van der Waals surface area contributed by atoms with Crippen LogP contribution in [0, 0.1) is 11.6 Å². The number of halogens is 2. The van der Waals surface area contributed by atoms with Gasteiger partial charge in [-0.1, -0.05) is 6.08 Å². The number of allylic oxidation sites excluding steroid dienone is 2. The molecule has 1 saturated heterocycles. The number of carbonyl (C=O) groups is 1. The second kappa shape index (κ2) is 9.19. The molecular formula is C28H30F2N2O3. The number of hydrogen-bond acceptors (Lipinski definition) is 4. The molecule has 2 aliphatic rings. The highest BCUT2D eigenvalue weighted by Crippen LogP contribution is 2.37. The van der Waals surface area contributed by atoms with Crippen LogP contribution in [0.5, 0.6) is 0 Å². The minimum absolute atomic E-state index is 0.139. The van der Waals surface area contributed by atoms with Crippen LogP contribution in [0.2, 0.25) is 0 Å². The Morgan fingerprint density at radius 2 is 1.89 bits per heavy atom. The zero-order valence-electron chi connectivity index (χ0n) is 20.4. The second-order valence-corrected chi connectivity index (χ2v) is 10.3. The van der Waals surface area contributed by atoms with Gasteiger partial charge in [0.25, 0.3) is 0 Å². The lowest BCUT2D eigenvalue weighted by Gasteiger charge is -2.24. The number of nitrogens with zero attached hydrogens (tertiary/aromatic N) is 2. The third-order valence-corrected chi connectivity index (χ3v) is 6.62. The van der Waals surface area contributed by atoms with Crippen LogP contribution in [-0.2, 0) is 22.3 Å². The van der Waals surface area contributed by atoms with E-state index in [1.807, 2.05) is 37.6 Å². The average Bonchev–Trinajstić information content (AvgIpc) is 3.15. The standard InChI is InChI=1S/C28H30F2N2O3/c1-28(2,3)35-27(33)20-11-12-24-21(16-31-32(24)25-6-4-5-13-34-25)26(20)17-7-9-18-14-22(29)23(30)15-19(18)10-8-17/h7,11-12,14-16,25H,4-6,8-10,13H2,1-3H3. The van der Waals surface area contributed by atoms with Gasteiger partial charge in [0.1, 0.15) is 5.60 Å². The van der Waals surface area contributed by atoms with E-state index in [9.17, 15) is 13.6 Å². The van der Waals surface area contributed by atoms with Gasteiger partial charge < -0.3 is 9.47 Å². The Bertz CT molecular complexity index is 1310. The van der Waals surface area contributed by atoms with E-state index in [0.29, 0.717) is 31.4 Å². The fourth-order valence-electron chi connectivity index (χ4n) is 5.00. The molecule has 1 aliphatic carbocycles. The average molecular weight is 481 g/mol. The van der Waals surface area contributed by atoms with Crippen LogP contribution in [0.4, 0.5) is 8.78 Å². The van der Waals surface area contributed by atoms with Crippen molar-refractivity contribution in [1.82, 2.24) is 9.78 Å². The van der Waals surface area contributed by atoms with Crippen molar-refractivity contribution < 1.29 is 23.0 Å². The summed E-state index contributed by atoms with van der Waals surface area (Å²) >= 11 is 0. The maximum atomic E-state index is 13.9. The molecule has 1 fully saturated rings. The molecule has 5 rings (SSSR count). The monoisotopic (exact) mass is 480 g/mol. The SMILES string of the molecule is CC(C)(C)OC(=O)c1ccc2c(cnn2C2CCCCO2)c1C1=CCc2cc(F)c(F)cc2CC1. The molecule has 0 saturated carbocycles.